The lowest BCUT2D eigenvalue weighted by Gasteiger charge is -2.45. The van der Waals surface area contributed by atoms with Gasteiger partial charge in [0.1, 0.15) is 48.7 Å². The molecular weight excluding hydrogens is 1540 g/mol. The fourth-order valence-corrected chi connectivity index (χ4v) is 16.8. The average Bonchev–Trinajstić information content (AvgIpc) is 0.779. The van der Waals surface area contributed by atoms with Crippen molar-refractivity contribution in [2.24, 2.45) is 0 Å². The van der Waals surface area contributed by atoms with Gasteiger partial charge < -0.3 is 58.3 Å². The van der Waals surface area contributed by atoms with Gasteiger partial charge in [-0.2, -0.15) is 0 Å². The number of nitrogens with zero attached hydrogens (tertiary/aromatic N) is 1. The van der Waals surface area contributed by atoms with E-state index in [0.717, 1.165) is 173 Å². The molecule has 0 spiro atoms. The summed E-state index contributed by atoms with van der Waals surface area (Å²) in [6, 6.07) is -1.68. The van der Waals surface area contributed by atoms with Crippen LogP contribution in [-0.2, 0) is 75.8 Å². The second-order valence-corrected chi connectivity index (χ2v) is 37.5. The Morgan fingerprint density at radius 2 is 0.675 bits per heavy atom. The van der Waals surface area contributed by atoms with Crippen LogP contribution in [0.2, 0.25) is 0 Å². The summed E-state index contributed by atoms with van der Waals surface area (Å²) in [5.74, 6) is -4.25. The predicted octanol–water partition coefficient (Wildman–Crippen LogP) is 25.5. The Hall–Kier alpha value is -3.72. The van der Waals surface area contributed by atoms with Crippen LogP contribution in [0.5, 0.6) is 0 Å². The minimum atomic E-state index is -5.56. The Bertz CT molecular complexity index is 2510. The number of aliphatic hydroxyl groups is 1. The molecule has 1 saturated heterocycles. The molecule has 0 aliphatic carbocycles. The van der Waals surface area contributed by atoms with Gasteiger partial charge in [0.05, 0.1) is 32.5 Å². The van der Waals surface area contributed by atoms with Crippen LogP contribution in [0.15, 0.2) is 0 Å². The van der Waals surface area contributed by atoms with Crippen molar-refractivity contribution in [2.75, 3.05) is 26.3 Å². The molecular formula is C98H185N2O19P. The van der Waals surface area contributed by atoms with Gasteiger partial charge in [0, 0.05) is 25.8 Å². The van der Waals surface area contributed by atoms with Gasteiger partial charge in [0.25, 0.3) is 0 Å². The summed E-state index contributed by atoms with van der Waals surface area (Å²) in [5.41, 5.74) is -0.943. The van der Waals surface area contributed by atoms with E-state index in [1.807, 2.05) is 0 Å². The topological polar surface area (TPSA) is 286 Å². The Labute approximate surface area is 732 Å². The first-order chi connectivity index (χ1) is 58.0. The van der Waals surface area contributed by atoms with Gasteiger partial charge >= 0.3 is 37.7 Å². The highest BCUT2D eigenvalue weighted by Gasteiger charge is 2.52. The zero-order valence-electron chi connectivity index (χ0n) is 78.5. The number of hydrogen-bond acceptors (Lipinski definition) is 17. The molecule has 120 heavy (non-hydrogen) atoms. The fraction of sp³-hybridized carbons (Fsp3) is 0.929. The Morgan fingerprint density at radius 3 is 0.975 bits per heavy atom. The van der Waals surface area contributed by atoms with Crippen molar-refractivity contribution in [3.8, 4) is 0 Å². The number of hydrogen-bond donors (Lipinski definition) is 4. The number of nitrogens with one attached hydrogen (secondary N) is 1. The number of rotatable bonds is 86. The number of phosphoric ester groups is 1. The maximum Gasteiger partial charge on any atom is 0.470 e. The zero-order valence-corrected chi connectivity index (χ0v) is 79.4. The van der Waals surface area contributed by atoms with Crippen molar-refractivity contribution in [2.45, 2.75) is 560 Å². The van der Waals surface area contributed by atoms with Crippen LogP contribution >= 0.6 is 7.82 Å². The number of esters is 5. The molecule has 1 aliphatic rings. The first kappa shape index (κ1) is 114. The van der Waals surface area contributed by atoms with Crippen molar-refractivity contribution < 1.29 is 90.7 Å². The Morgan fingerprint density at radius 1 is 0.383 bits per heavy atom. The molecule has 1 aliphatic heterocycles. The van der Waals surface area contributed by atoms with Gasteiger partial charge in [0.15, 0.2) is 12.4 Å². The molecule has 0 saturated carbocycles. The first-order valence-corrected chi connectivity index (χ1v) is 51.7. The molecule has 21 nitrogen and oxygen atoms in total. The van der Waals surface area contributed by atoms with Crippen molar-refractivity contribution >= 4 is 49.5 Å². The van der Waals surface area contributed by atoms with E-state index in [1.54, 1.807) is 20.8 Å². The minimum absolute atomic E-state index is 0.145. The summed E-state index contributed by atoms with van der Waals surface area (Å²) >= 11 is 0. The van der Waals surface area contributed by atoms with Crippen LogP contribution in [0.25, 0.3) is 0 Å². The highest BCUT2D eigenvalue weighted by molar-refractivity contribution is 7.46. The number of amides is 2. The smallest absolute Gasteiger partial charge is 0.462 e. The van der Waals surface area contributed by atoms with Crippen LogP contribution in [-0.4, -0.2) is 142 Å². The lowest BCUT2D eigenvalue weighted by atomic mass is 9.96. The third-order valence-corrected chi connectivity index (χ3v) is 23.9. The molecule has 0 radical (unpaired) electrons. The molecule has 1 rings (SSSR count). The van der Waals surface area contributed by atoms with E-state index in [1.165, 1.54) is 178 Å². The van der Waals surface area contributed by atoms with Crippen molar-refractivity contribution in [1.29, 1.82) is 0 Å². The standard InChI is InChI=1S/C98H185N2O19P/c1-10-16-22-28-34-40-43-49-55-61-67-73-89(104)113-83(70-64-58-52-46-37-31-25-19-13-4)78-87(102)99-94-96(117-92(107)80-85(72-66-60-54-48-39-33-27-21-15-6)115-91(106)75-69-63-57-51-45-42-36-30-24-18-12-3)95(119-120(109,110)111)86(82-101)116-97(94)112-77-76-100(81-93(108)118-98(7,8)9)88(103)79-84(71-65-59-53-47-38-32-26-20-14-5)114-90(105)74-68-62-56-50-44-41-35-29-23-17-11-2/h83-86,94-97,101H,10-82H2,1-9H3,(H,99,102)(H2,109,110,111)/t83-,84-,85-,86-,94-,95-,96-,97?/m1/s1. The summed E-state index contributed by atoms with van der Waals surface area (Å²) in [7, 11) is -5.56. The fourth-order valence-electron chi connectivity index (χ4n) is 16.2. The maximum atomic E-state index is 15.1. The number of aliphatic hydroxyl groups excluding tert-OH is 1. The summed E-state index contributed by atoms with van der Waals surface area (Å²) in [6.07, 6.45) is 55.3. The van der Waals surface area contributed by atoms with E-state index in [0.29, 0.717) is 57.8 Å². The van der Waals surface area contributed by atoms with Crippen LogP contribution in [0.3, 0.4) is 0 Å². The average molecular weight is 1730 g/mol. The number of phosphoric acid groups is 1. The van der Waals surface area contributed by atoms with Crippen molar-refractivity contribution in [3.05, 3.63) is 0 Å². The summed E-state index contributed by atoms with van der Waals surface area (Å²) in [5, 5.41) is 14.1. The second-order valence-electron chi connectivity index (χ2n) is 36.3. The van der Waals surface area contributed by atoms with Gasteiger partial charge in [-0.15, -0.1) is 0 Å². The molecule has 4 N–H and O–H groups in total. The predicted molar refractivity (Wildman–Crippen MR) is 485 cm³/mol. The molecule has 0 aromatic heterocycles. The Kier molecular flexibility index (Phi) is 75.0. The largest absolute Gasteiger partial charge is 0.470 e. The van der Waals surface area contributed by atoms with E-state index in [2.05, 4.69) is 46.9 Å². The normalized spacial score (nSPS) is 16.4. The van der Waals surface area contributed by atoms with E-state index in [-0.39, 0.29) is 38.6 Å². The van der Waals surface area contributed by atoms with E-state index in [9.17, 15) is 48.2 Å². The minimum Gasteiger partial charge on any atom is -0.462 e. The lowest BCUT2D eigenvalue weighted by molar-refractivity contribution is -0.271. The van der Waals surface area contributed by atoms with Crippen molar-refractivity contribution in [3.63, 3.8) is 0 Å². The summed E-state index contributed by atoms with van der Waals surface area (Å²) in [6.45, 7) is 16.1. The Balaban J connectivity index is 3.99. The highest BCUT2D eigenvalue weighted by atomic mass is 31.2. The highest BCUT2D eigenvalue weighted by Crippen LogP contribution is 2.43. The van der Waals surface area contributed by atoms with Gasteiger partial charge in [-0.1, -0.05) is 388 Å². The lowest BCUT2D eigenvalue weighted by Crippen LogP contribution is -2.66. The van der Waals surface area contributed by atoms with Crippen LogP contribution in [0.1, 0.15) is 505 Å². The van der Waals surface area contributed by atoms with Crippen LogP contribution < -0.4 is 5.32 Å². The zero-order chi connectivity index (χ0) is 88.2. The first-order valence-electron chi connectivity index (χ1n) is 50.2. The second kappa shape index (κ2) is 78.7. The molecule has 1 fully saturated rings. The van der Waals surface area contributed by atoms with Crippen LogP contribution in [0, 0.1) is 0 Å². The SMILES string of the molecule is CCCCCCCCCCCCCC(=O)O[C@H](CCCCCCCCCCC)CC(=O)N[C@H]1C(OCCN(CC(=O)OC(C)(C)C)C(=O)C[C@@H](CCCCCCCCCCC)OC(=O)CCCCCCCCCCCCC)O[C@H](CO)[C@@H](OP(=O)(O)O)[C@@H]1OC(=O)C[C@@H](CCCCCCCCCCC)OC(=O)CCCCCCCCCCCCC. The van der Waals surface area contributed by atoms with Gasteiger partial charge in [-0.25, -0.2) is 4.57 Å². The number of unbranched alkanes of at least 4 members (excludes halogenated alkanes) is 54. The number of carbonyl (C=O) groups excluding carboxylic acids is 7. The summed E-state index contributed by atoms with van der Waals surface area (Å²) in [4.78, 5) is 123. The third kappa shape index (κ3) is 68.5. The maximum absolute atomic E-state index is 15.1. The number of ether oxygens (including phenoxy) is 7. The van der Waals surface area contributed by atoms with Gasteiger partial charge in [-0.05, 0) is 78.6 Å². The quantitative estimate of drug-likeness (QED) is 0.0190. The van der Waals surface area contributed by atoms with Gasteiger partial charge in [0.2, 0.25) is 11.8 Å². The molecule has 22 heteroatoms. The third-order valence-electron chi connectivity index (χ3n) is 23.4. The van der Waals surface area contributed by atoms with E-state index < -0.39 is 130 Å². The summed E-state index contributed by atoms with van der Waals surface area (Å²) < 4.78 is 62.3. The molecule has 8 atom stereocenters. The molecule has 706 valence electrons. The molecule has 0 aromatic carbocycles. The molecule has 1 heterocycles. The van der Waals surface area contributed by atoms with Crippen molar-refractivity contribution in [1.82, 2.24) is 10.2 Å². The van der Waals surface area contributed by atoms with E-state index in [4.69, 9.17) is 37.7 Å². The molecule has 0 aromatic rings. The number of carbonyl (C=O) groups is 7. The monoisotopic (exact) mass is 1730 g/mol. The van der Waals surface area contributed by atoms with Crippen LogP contribution in [0.4, 0.5) is 0 Å². The molecule has 2 amide bonds. The molecule has 1 unspecified atom stereocenters. The molecule has 0 bridgehead atoms. The van der Waals surface area contributed by atoms with E-state index >= 15 is 4.79 Å². The van der Waals surface area contributed by atoms with Gasteiger partial charge in [-0.3, -0.25) is 38.1 Å².